The van der Waals surface area contributed by atoms with Gasteiger partial charge >= 0.3 is 11.9 Å². The predicted molar refractivity (Wildman–Crippen MR) is 68.6 cm³/mol. The van der Waals surface area contributed by atoms with E-state index >= 15 is 0 Å². The molecule has 5 heteroatoms. The smallest absolute Gasteiger partial charge is 0.323 e. The zero-order chi connectivity index (χ0) is 13.6. The molecule has 0 N–H and O–H groups in total. The highest BCUT2D eigenvalue weighted by Gasteiger charge is 2.48. The summed E-state index contributed by atoms with van der Waals surface area (Å²) in [7, 11) is 2.46. The molecule has 0 aliphatic carbocycles. The molecule has 0 aromatic heterocycles. The SMILES string of the molecule is C=C(C)CC(CC(=C)Br)(C(=O)OC)C(=O)OC. The minimum atomic E-state index is -1.41. The Morgan fingerprint density at radius 3 is 1.76 bits per heavy atom. The van der Waals surface area contributed by atoms with E-state index < -0.39 is 17.4 Å². The molecular formula is C12H17BrO4. The fraction of sp³-hybridized carbons (Fsp3) is 0.500. The van der Waals surface area contributed by atoms with Crippen LogP contribution in [-0.4, -0.2) is 26.2 Å². The van der Waals surface area contributed by atoms with E-state index in [-0.39, 0.29) is 12.8 Å². The van der Waals surface area contributed by atoms with E-state index in [4.69, 9.17) is 9.47 Å². The zero-order valence-corrected chi connectivity index (χ0v) is 11.9. The van der Waals surface area contributed by atoms with Gasteiger partial charge in [0, 0.05) is 6.42 Å². The molecule has 0 heterocycles. The summed E-state index contributed by atoms with van der Waals surface area (Å²) in [4.78, 5) is 23.8. The Morgan fingerprint density at radius 2 is 1.53 bits per heavy atom. The molecule has 0 spiro atoms. The molecule has 0 atom stereocenters. The molecule has 0 rings (SSSR count). The van der Waals surface area contributed by atoms with Crippen molar-refractivity contribution in [3.63, 3.8) is 0 Å². The van der Waals surface area contributed by atoms with Crippen LogP contribution < -0.4 is 0 Å². The van der Waals surface area contributed by atoms with Gasteiger partial charge in [0.25, 0.3) is 0 Å². The molecule has 0 aliphatic rings. The Bertz CT molecular complexity index is 312. The van der Waals surface area contributed by atoms with Gasteiger partial charge in [-0.3, -0.25) is 9.59 Å². The largest absolute Gasteiger partial charge is 0.468 e. The topological polar surface area (TPSA) is 52.6 Å². The average Bonchev–Trinajstić information content (AvgIpc) is 2.24. The highest BCUT2D eigenvalue weighted by Crippen LogP contribution is 2.37. The normalized spacial score (nSPS) is 10.6. The summed E-state index contributed by atoms with van der Waals surface area (Å²) in [6.45, 7) is 9.11. The number of ether oxygens (including phenoxy) is 2. The molecule has 0 radical (unpaired) electrons. The molecule has 0 aromatic rings. The number of halogens is 1. The first kappa shape index (κ1) is 15.9. The number of methoxy groups -OCH3 is 2. The average molecular weight is 305 g/mol. The lowest BCUT2D eigenvalue weighted by atomic mass is 9.79. The van der Waals surface area contributed by atoms with Crippen LogP contribution in [0.3, 0.4) is 0 Å². The van der Waals surface area contributed by atoms with Crippen LogP contribution in [0.25, 0.3) is 0 Å². The van der Waals surface area contributed by atoms with E-state index in [0.29, 0.717) is 10.1 Å². The van der Waals surface area contributed by atoms with E-state index in [1.807, 2.05) is 0 Å². The molecule has 0 saturated carbocycles. The van der Waals surface area contributed by atoms with Crippen LogP contribution in [0.1, 0.15) is 19.8 Å². The van der Waals surface area contributed by atoms with Crippen LogP contribution in [0.2, 0.25) is 0 Å². The number of rotatable bonds is 6. The van der Waals surface area contributed by atoms with E-state index in [1.165, 1.54) is 14.2 Å². The maximum absolute atomic E-state index is 11.9. The highest BCUT2D eigenvalue weighted by atomic mass is 79.9. The van der Waals surface area contributed by atoms with Crippen LogP contribution in [0.15, 0.2) is 23.2 Å². The van der Waals surface area contributed by atoms with Gasteiger partial charge in [-0.2, -0.15) is 0 Å². The van der Waals surface area contributed by atoms with Crippen LogP contribution in [0, 0.1) is 5.41 Å². The number of allylic oxidation sites excluding steroid dienone is 2. The molecule has 0 unspecified atom stereocenters. The van der Waals surface area contributed by atoms with Gasteiger partial charge in [0.15, 0.2) is 5.41 Å². The van der Waals surface area contributed by atoms with Crippen molar-refractivity contribution in [2.45, 2.75) is 19.8 Å². The fourth-order valence-corrected chi connectivity index (χ4v) is 2.15. The number of esters is 2. The first-order chi connectivity index (χ1) is 7.80. The minimum absolute atomic E-state index is 0.110. The summed E-state index contributed by atoms with van der Waals surface area (Å²) < 4.78 is 9.92. The Morgan fingerprint density at radius 1 is 1.12 bits per heavy atom. The quantitative estimate of drug-likeness (QED) is 0.430. The Balaban J connectivity index is 5.50. The maximum atomic E-state index is 11.9. The molecule has 0 amide bonds. The van der Waals surface area contributed by atoms with Crippen molar-refractivity contribution in [3.05, 3.63) is 23.2 Å². The van der Waals surface area contributed by atoms with Gasteiger partial charge < -0.3 is 9.47 Å². The number of hydrogen-bond donors (Lipinski definition) is 0. The Labute approximate surface area is 110 Å². The van der Waals surface area contributed by atoms with Gasteiger partial charge in [-0.1, -0.05) is 28.1 Å². The highest BCUT2D eigenvalue weighted by molar-refractivity contribution is 9.11. The minimum Gasteiger partial charge on any atom is -0.468 e. The molecule has 96 valence electrons. The van der Waals surface area contributed by atoms with Gasteiger partial charge in [-0.25, -0.2) is 0 Å². The Hall–Kier alpha value is -1.10. The second kappa shape index (κ2) is 6.59. The van der Waals surface area contributed by atoms with Crippen molar-refractivity contribution < 1.29 is 19.1 Å². The van der Waals surface area contributed by atoms with E-state index in [2.05, 4.69) is 29.1 Å². The summed E-state index contributed by atoms with van der Waals surface area (Å²) in [6.07, 6.45) is 0.274. The van der Waals surface area contributed by atoms with Gasteiger partial charge in [0.2, 0.25) is 0 Å². The number of hydrogen-bond acceptors (Lipinski definition) is 4. The van der Waals surface area contributed by atoms with Gasteiger partial charge in [0.05, 0.1) is 14.2 Å². The summed E-state index contributed by atoms with van der Waals surface area (Å²) >= 11 is 3.16. The summed E-state index contributed by atoms with van der Waals surface area (Å²) in [5.74, 6) is -1.29. The van der Waals surface area contributed by atoms with E-state index in [9.17, 15) is 9.59 Å². The lowest BCUT2D eigenvalue weighted by molar-refractivity contribution is -0.169. The van der Waals surface area contributed by atoms with Crippen LogP contribution >= 0.6 is 15.9 Å². The van der Waals surface area contributed by atoms with Crippen molar-refractivity contribution >= 4 is 27.9 Å². The third kappa shape index (κ3) is 4.00. The monoisotopic (exact) mass is 304 g/mol. The predicted octanol–water partition coefficient (Wildman–Crippen LogP) is 2.58. The van der Waals surface area contributed by atoms with Gasteiger partial charge in [-0.05, 0) is 17.8 Å². The lowest BCUT2D eigenvalue weighted by Gasteiger charge is -2.28. The molecular weight excluding hydrogens is 288 g/mol. The maximum Gasteiger partial charge on any atom is 0.323 e. The second-order valence-corrected chi connectivity index (χ2v) is 5.01. The molecule has 0 bridgehead atoms. The second-order valence-electron chi connectivity index (χ2n) is 3.89. The summed E-state index contributed by atoms with van der Waals surface area (Å²) in [5.41, 5.74) is -0.717. The standard InChI is InChI=1S/C12H17BrO4/c1-8(2)6-12(7-9(3)13,10(14)16-4)11(15)17-5/h1,3,6-7H2,2,4-5H3. The lowest BCUT2D eigenvalue weighted by Crippen LogP contribution is -2.41. The third-order valence-corrected chi connectivity index (χ3v) is 2.53. The molecule has 0 aliphatic heterocycles. The van der Waals surface area contributed by atoms with Crippen LogP contribution in [0.4, 0.5) is 0 Å². The van der Waals surface area contributed by atoms with Crippen molar-refractivity contribution in [2.75, 3.05) is 14.2 Å². The molecule has 17 heavy (non-hydrogen) atoms. The van der Waals surface area contributed by atoms with Gasteiger partial charge in [0.1, 0.15) is 0 Å². The van der Waals surface area contributed by atoms with Crippen molar-refractivity contribution in [1.82, 2.24) is 0 Å². The number of carbonyl (C=O) groups is 2. The fourth-order valence-electron chi connectivity index (χ4n) is 1.67. The first-order valence-corrected chi connectivity index (χ1v) is 5.74. The summed E-state index contributed by atoms with van der Waals surface area (Å²) in [6, 6.07) is 0. The molecule has 4 nitrogen and oxygen atoms in total. The first-order valence-electron chi connectivity index (χ1n) is 4.94. The van der Waals surface area contributed by atoms with Crippen molar-refractivity contribution in [2.24, 2.45) is 5.41 Å². The van der Waals surface area contributed by atoms with Gasteiger partial charge in [-0.15, -0.1) is 6.58 Å². The third-order valence-electron chi connectivity index (χ3n) is 2.25. The molecule has 0 aromatic carbocycles. The van der Waals surface area contributed by atoms with E-state index in [1.54, 1.807) is 6.92 Å². The molecule has 0 saturated heterocycles. The number of carbonyl (C=O) groups excluding carboxylic acids is 2. The Kier molecular flexibility index (Phi) is 6.16. The van der Waals surface area contributed by atoms with E-state index in [0.717, 1.165) is 0 Å². The van der Waals surface area contributed by atoms with Crippen LogP contribution in [0.5, 0.6) is 0 Å². The summed E-state index contributed by atoms with van der Waals surface area (Å²) in [5, 5.41) is 0. The zero-order valence-electron chi connectivity index (χ0n) is 10.3. The van der Waals surface area contributed by atoms with Crippen molar-refractivity contribution in [1.29, 1.82) is 0 Å². The van der Waals surface area contributed by atoms with Crippen LogP contribution in [-0.2, 0) is 19.1 Å². The molecule has 0 fully saturated rings. The van der Waals surface area contributed by atoms with Crippen molar-refractivity contribution in [3.8, 4) is 0 Å².